The van der Waals surface area contributed by atoms with Crippen LogP contribution >= 0.6 is 0 Å². The minimum Gasteiger partial charge on any atom is -0.507 e. The molecule has 0 saturated heterocycles. The van der Waals surface area contributed by atoms with Gasteiger partial charge in [0.05, 0.1) is 10.4 Å². The second-order valence-electron chi connectivity index (χ2n) is 7.16. The molecule has 4 rings (SSSR count). The molecule has 1 N–H and O–H groups in total. The summed E-state index contributed by atoms with van der Waals surface area (Å²) >= 11 is 0. The molecule has 0 saturated carbocycles. The molecular weight excluding hydrogens is 382 g/mol. The topological polar surface area (TPSA) is 59.3 Å². The van der Waals surface area contributed by atoms with Gasteiger partial charge in [0, 0.05) is 11.1 Å². The molecule has 0 spiro atoms. The van der Waals surface area contributed by atoms with E-state index in [0.717, 1.165) is 17.5 Å². The van der Waals surface area contributed by atoms with Gasteiger partial charge in [-0.05, 0) is 60.7 Å². The summed E-state index contributed by atoms with van der Waals surface area (Å²) in [5, 5.41) is 11.2. The fourth-order valence-electron chi connectivity index (χ4n) is 3.81. The summed E-state index contributed by atoms with van der Waals surface area (Å²) in [4.78, 5) is 0.224. The number of hydrogen-bond donors (Lipinski definition) is 1. The molecule has 5 heteroatoms. The number of phenols is 1. The van der Waals surface area contributed by atoms with Gasteiger partial charge < -0.3 is 5.11 Å². The summed E-state index contributed by atoms with van der Waals surface area (Å²) in [6.45, 7) is 3.91. The van der Waals surface area contributed by atoms with Gasteiger partial charge in [-0.1, -0.05) is 55.5 Å². The van der Waals surface area contributed by atoms with Gasteiger partial charge >= 0.3 is 0 Å². The van der Waals surface area contributed by atoms with Crippen LogP contribution in [0.4, 0.5) is 0 Å². The lowest BCUT2D eigenvalue weighted by atomic mass is 10.00. The number of aromatic nitrogens is 1. The molecule has 1 aromatic heterocycles. The number of benzene rings is 3. The quantitative estimate of drug-likeness (QED) is 0.506. The third kappa shape index (κ3) is 3.32. The molecule has 4 aromatic rings. The summed E-state index contributed by atoms with van der Waals surface area (Å²) in [6.07, 6.45) is 1.51. The van der Waals surface area contributed by atoms with Gasteiger partial charge in [-0.2, -0.15) is 0 Å². The second-order valence-corrected chi connectivity index (χ2v) is 8.95. The van der Waals surface area contributed by atoms with Crippen molar-refractivity contribution in [1.82, 2.24) is 3.97 Å². The highest BCUT2D eigenvalue weighted by atomic mass is 32.2. The van der Waals surface area contributed by atoms with E-state index in [1.807, 2.05) is 0 Å². The molecule has 0 aliphatic carbocycles. The highest BCUT2D eigenvalue weighted by Crippen LogP contribution is 2.36. The average Bonchev–Trinajstić information content (AvgIpc) is 3.02. The normalized spacial score (nSPS) is 11.8. The molecule has 4 nitrogen and oxygen atoms in total. The van der Waals surface area contributed by atoms with Crippen LogP contribution in [0.5, 0.6) is 5.75 Å². The zero-order valence-electron chi connectivity index (χ0n) is 16.5. The van der Waals surface area contributed by atoms with Crippen LogP contribution in [0.2, 0.25) is 0 Å². The number of phenolic OH excluding ortho intramolecular Hbond substituents is 1. The second kappa shape index (κ2) is 7.41. The summed E-state index contributed by atoms with van der Waals surface area (Å²) in [5.41, 5.74) is 4.26. The zero-order valence-corrected chi connectivity index (χ0v) is 17.3. The van der Waals surface area contributed by atoms with Crippen molar-refractivity contribution in [3.63, 3.8) is 0 Å². The van der Waals surface area contributed by atoms with Crippen LogP contribution in [-0.2, 0) is 22.9 Å². The van der Waals surface area contributed by atoms with Crippen LogP contribution in [-0.4, -0.2) is 17.5 Å². The highest BCUT2D eigenvalue weighted by molar-refractivity contribution is 7.90. The van der Waals surface area contributed by atoms with Crippen LogP contribution in [0.15, 0.2) is 77.7 Å². The van der Waals surface area contributed by atoms with Crippen molar-refractivity contribution < 1.29 is 13.5 Å². The standard InChI is InChI=1S/C24H23NO3S/c1-3-18-12-14-19(15-13-18)16-21-17(2)25(22-10-7-11-23(26)24(21)22)29(27,28)20-8-5-4-6-9-20/h4-15,26H,3,16H2,1-2H3. The largest absolute Gasteiger partial charge is 0.507 e. The molecular formula is C24H23NO3S. The summed E-state index contributed by atoms with van der Waals surface area (Å²) in [7, 11) is -3.79. The van der Waals surface area contributed by atoms with Crippen LogP contribution in [0, 0.1) is 6.92 Å². The van der Waals surface area contributed by atoms with E-state index in [0.29, 0.717) is 23.0 Å². The number of nitrogens with zero attached hydrogens (tertiary/aromatic N) is 1. The van der Waals surface area contributed by atoms with Gasteiger partial charge in [0.1, 0.15) is 5.75 Å². The number of aryl methyl sites for hydroxylation is 1. The van der Waals surface area contributed by atoms with Gasteiger partial charge in [-0.25, -0.2) is 12.4 Å². The van der Waals surface area contributed by atoms with Gasteiger partial charge in [0.25, 0.3) is 10.0 Å². The van der Waals surface area contributed by atoms with Crippen LogP contribution < -0.4 is 0 Å². The smallest absolute Gasteiger partial charge is 0.268 e. The summed E-state index contributed by atoms with van der Waals surface area (Å²) in [5.74, 6) is 0.0905. The Hall–Kier alpha value is -3.05. The average molecular weight is 406 g/mol. The Morgan fingerprint density at radius 3 is 2.17 bits per heavy atom. The minimum absolute atomic E-state index is 0.0905. The van der Waals surface area contributed by atoms with E-state index in [-0.39, 0.29) is 10.6 Å². The first-order valence-electron chi connectivity index (χ1n) is 9.63. The third-order valence-electron chi connectivity index (χ3n) is 5.38. The Labute approximate surface area is 171 Å². The van der Waals surface area contributed by atoms with Crippen LogP contribution in [0.3, 0.4) is 0 Å². The molecule has 0 atom stereocenters. The van der Waals surface area contributed by atoms with E-state index in [4.69, 9.17) is 0 Å². The molecule has 0 bridgehead atoms. The zero-order chi connectivity index (χ0) is 20.6. The molecule has 0 aliphatic heterocycles. The molecule has 148 valence electrons. The minimum atomic E-state index is -3.79. The molecule has 3 aromatic carbocycles. The summed E-state index contributed by atoms with van der Waals surface area (Å²) < 4.78 is 28.2. The van der Waals surface area contributed by atoms with Crippen molar-refractivity contribution in [3.05, 3.63) is 95.2 Å². The van der Waals surface area contributed by atoms with Crippen LogP contribution in [0.1, 0.15) is 29.3 Å². The number of hydrogen-bond acceptors (Lipinski definition) is 3. The molecule has 0 fully saturated rings. The number of rotatable bonds is 5. The maximum Gasteiger partial charge on any atom is 0.268 e. The predicted molar refractivity (Wildman–Crippen MR) is 116 cm³/mol. The molecule has 1 heterocycles. The Balaban J connectivity index is 1.93. The maximum absolute atomic E-state index is 13.4. The van der Waals surface area contributed by atoms with E-state index in [9.17, 15) is 13.5 Å². The van der Waals surface area contributed by atoms with Crippen molar-refractivity contribution in [2.45, 2.75) is 31.6 Å². The van der Waals surface area contributed by atoms with Crippen molar-refractivity contribution in [3.8, 4) is 5.75 Å². The van der Waals surface area contributed by atoms with Gasteiger partial charge in [0.15, 0.2) is 0 Å². The summed E-state index contributed by atoms with van der Waals surface area (Å²) in [6, 6.07) is 21.7. The first kappa shape index (κ1) is 19.3. The van der Waals surface area contributed by atoms with Gasteiger partial charge in [-0.15, -0.1) is 0 Å². The van der Waals surface area contributed by atoms with E-state index in [1.54, 1.807) is 55.5 Å². The van der Waals surface area contributed by atoms with Gasteiger partial charge in [-0.3, -0.25) is 0 Å². The first-order chi connectivity index (χ1) is 13.9. The third-order valence-corrected chi connectivity index (χ3v) is 7.20. The Bertz CT molecular complexity index is 1270. The number of aromatic hydroxyl groups is 1. The molecule has 0 unspecified atom stereocenters. The highest BCUT2D eigenvalue weighted by Gasteiger charge is 2.26. The lowest BCUT2D eigenvalue weighted by Crippen LogP contribution is -2.14. The van der Waals surface area contributed by atoms with E-state index in [1.165, 1.54) is 9.54 Å². The lowest BCUT2D eigenvalue weighted by molar-refractivity contribution is 0.481. The Kier molecular flexibility index (Phi) is 4.92. The molecule has 0 radical (unpaired) electrons. The Morgan fingerprint density at radius 2 is 1.52 bits per heavy atom. The predicted octanol–water partition coefficient (Wildman–Crippen LogP) is 5.05. The number of fused-ring (bicyclic) bond motifs is 1. The van der Waals surface area contributed by atoms with E-state index < -0.39 is 10.0 Å². The fraction of sp³-hybridized carbons (Fsp3) is 0.167. The monoisotopic (exact) mass is 405 g/mol. The van der Waals surface area contributed by atoms with Crippen LogP contribution in [0.25, 0.3) is 10.9 Å². The van der Waals surface area contributed by atoms with Crippen molar-refractivity contribution in [2.24, 2.45) is 0 Å². The SMILES string of the molecule is CCc1ccc(Cc2c(C)n(S(=O)(=O)c3ccccc3)c3cccc(O)c23)cc1. The van der Waals surface area contributed by atoms with Gasteiger partial charge in [0.2, 0.25) is 0 Å². The van der Waals surface area contributed by atoms with Crippen molar-refractivity contribution in [2.75, 3.05) is 0 Å². The maximum atomic E-state index is 13.4. The first-order valence-corrected chi connectivity index (χ1v) is 11.1. The van der Waals surface area contributed by atoms with E-state index in [2.05, 4.69) is 31.2 Å². The fourth-order valence-corrected chi connectivity index (χ4v) is 5.41. The molecule has 0 amide bonds. The van der Waals surface area contributed by atoms with Crippen molar-refractivity contribution >= 4 is 20.9 Å². The van der Waals surface area contributed by atoms with Crippen molar-refractivity contribution in [1.29, 1.82) is 0 Å². The van der Waals surface area contributed by atoms with E-state index >= 15 is 0 Å². The Morgan fingerprint density at radius 1 is 0.862 bits per heavy atom. The molecule has 0 aliphatic rings. The lowest BCUT2D eigenvalue weighted by Gasteiger charge is -2.10. The molecule has 29 heavy (non-hydrogen) atoms.